The lowest BCUT2D eigenvalue weighted by atomic mass is 10.2. The Balaban J connectivity index is 1.48. The topological polar surface area (TPSA) is 61.8 Å². The zero-order chi connectivity index (χ0) is 20.0. The second-order valence-corrected chi connectivity index (χ2v) is 7.43. The van der Waals surface area contributed by atoms with Crippen molar-refractivity contribution in [3.05, 3.63) is 23.9 Å². The Labute approximate surface area is 163 Å². The molecule has 1 atom stereocenters. The van der Waals surface area contributed by atoms with Crippen molar-refractivity contribution in [2.24, 2.45) is 10.9 Å². The first-order chi connectivity index (χ1) is 13.4. The molecule has 1 aromatic heterocycles. The maximum absolute atomic E-state index is 12.5. The van der Waals surface area contributed by atoms with Gasteiger partial charge in [0.25, 0.3) is 0 Å². The third-order valence-corrected chi connectivity index (χ3v) is 4.74. The van der Waals surface area contributed by atoms with Crippen molar-refractivity contribution in [3.63, 3.8) is 0 Å². The fourth-order valence-corrected chi connectivity index (χ4v) is 3.11. The SMILES string of the molecule is CCNC(=NCc1ccc(OCC2CC2)nc1)NC1CCN(CC(F)(F)F)C1. The zero-order valence-electron chi connectivity index (χ0n) is 16.1. The van der Waals surface area contributed by atoms with Gasteiger partial charge in [0.2, 0.25) is 5.88 Å². The maximum atomic E-state index is 12.5. The highest BCUT2D eigenvalue weighted by molar-refractivity contribution is 5.80. The molecule has 1 aliphatic carbocycles. The third-order valence-electron chi connectivity index (χ3n) is 4.74. The van der Waals surface area contributed by atoms with Crippen LogP contribution in [-0.4, -0.2) is 60.8 Å². The van der Waals surface area contributed by atoms with Gasteiger partial charge in [-0.3, -0.25) is 4.90 Å². The lowest BCUT2D eigenvalue weighted by molar-refractivity contribution is -0.143. The Morgan fingerprint density at radius 3 is 2.79 bits per heavy atom. The Morgan fingerprint density at radius 2 is 2.14 bits per heavy atom. The van der Waals surface area contributed by atoms with Crippen LogP contribution < -0.4 is 15.4 Å². The van der Waals surface area contributed by atoms with Crippen LogP contribution in [0.25, 0.3) is 0 Å². The lowest BCUT2D eigenvalue weighted by Gasteiger charge is -2.19. The average molecular weight is 399 g/mol. The van der Waals surface area contributed by atoms with Gasteiger partial charge in [-0.1, -0.05) is 6.07 Å². The number of aromatic nitrogens is 1. The number of hydrogen-bond acceptors (Lipinski definition) is 4. The number of halogens is 3. The van der Waals surface area contributed by atoms with E-state index in [9.17, 15) is 13.2 Å². The molecule has 0 bridgehead atoms. The number of likely N-dealkylation sites (tertiary alicyclic amines) is 1. The summed E-state index contributed by atoms with van der Waals surface area (Å²) >= 11 is 0. The van der Waals surface area contributed by atoms with E-state index < -0.39 is 12.7 Å². The summed E-state index contributed by atoms with van der Waals surface area (Å²) in [4.78, 5) is 10.3. The maximum Gasteiger partial charge on any atom is 0.401 e. The van der Waals surface area contributed by atoms with Crippen molar-refractivity contribution in [1.82, 2.24) is 20.5 Å². The van der Waals surface area contributed by atoms with Gasteiger partial charge in [-0.05, 0) is 37.7 Å². The molecule has 2 aliphatic rings. The second-order valence-electron chi connectivity index (χ2n) is 7.43. The molecule has 2 heterocycles. The number of hydrogen-bond donors (Lipinski definition) is 2. The van der Waals surface area contributed by atoms with Gasteiger partial charge in [-0.25, -0.2) is 9.98 Å². The summed E-state index contributed by atoms with van der Waals surface area (Å²) in [5.74, 6) is 1.92. The summed E-state index contributed by atoms with van der Waals surface area (Å²) in [5, 5.41) is 6.39. The summed E-state index contributed by atoms with van der Waals surface area (Å²) in [5.41, 5.74) is 0.945. The molecular weight excluding hydrogens is 371 g/mol. The van der Waals surface area contributed by atoms with Crippen molar-refractivity contribution in [2.45, 2.75) is 44.9 Å². The van der Waals surface area contributed by atoms with E-state index >= 15 is 0 Å². The molecule has 1 aliphatic heterocycles. The van der Waals surface area contributed by atoms with Crippen LogP contribution in [0.5, 0.6) is 5.88 Å². The smallest absolute Gasteiger partial charge is 0.401 e. The molecule has 0 amide bonds. The number of nitrogens with zero attached hydrogens (tertiary/aromatic N) is 3. The minimum absolute atomic E-state index is 0.0449. The molecule has 2 N–H and O–H groups in total. The second kappa shape index (κ2) is 9.45. The molecule has 1 saturated heterocycles. The van der Waals surface area contributed by atoms with Crippen LogP contribution in [0, 0.1) is 5.92 Å². The van der Waals surface area contributed by atoms with Gasteiger partial charge in [-0.15, -0.1) is 0 Å². The Bertz CT molecular complexity index is 646. The van der Waals surface area contributed by atoms with Crippen molar-refractivity contribution in [1.29, 1.82) is 0 Å². The van der Waals surface area contributed by atoms with Gasteiger partial charge < -0.3 is 15.4 Å². The number of ether oxygens (including phenoxy) is 1. The number of nitrogens with one attached hydrogen (secondary N) is 2. The first-order valence-corrected chi connectivity index (χ1v) is 9.83. The fourth-order valence-electron chi connectivity index (χ4n) is 3.11. The molecule has 3 rings (SSSR count). The van der Waals surface area contributed by atoms with E-state index in [1.807, 2.05) is 19.1 Å². The largest absolute Gasteiger partial charge is 0.477 e. The van der Waals surface area contributed by atoms with Crippen molar-refractivity contribution >= 4 is 5.96 Å². The lowest BCUT2D eigenvalue weighted by Crippen LogP contribution is -2.45. The molecule has 0 spiro atoms. The number of rotatable bonds is 8. The first-order valence-electron chi connectivity index (χ1n) is 9.83. The molecule has 28 heavy (non-hydrogen) atoms. The van der Waals surface area contributed by atoms with Gasteiger partial charge in [0.1, 0.15) is 0 Å². The van der Waals surface area contributed by atoms with Gasteiger partial charge in [0.05, 0.1) is 19.7 Å². The summed E-state index contributed by atoms with van der Waals surface area (Å²) in [6, 6.07) is 3.74. The standard InChI is InChI=1S/C19H28F3N5O/c1-2-23-18(26-16-7-8-27(11-16)13-19(20,21)22)25-10-15-5-6-17(24-9-15)28-12-14-3-4-14/h5-6,9,14,16H,2-4,7-8,10-13H2,1H3,(H2,23,25,26). The molecule has 0 aromatic carbocycles. The minimum Gasteiger partial charge on any atom is -0.477 e. The van der Waals surface area contributed by atoms with Crippen LogP contribution in [-0.2, 0) is 6.54 Å². The summed E-state index contributed by atoms with van der Waals surface area (Å²) in [6.07, 6.45) is 0.726. The fraction of sp³-hybridized carbons (Fsp3) is 0.684. The van der Waals surface area contributed by atoms with Crippen molar-refractivity contribution < 1.29 is 17.9 Å². The third kappa shape index (κ3) is 7.18. The average Bonchev–Trinajstić information content (AvgIpc) is 3.38. The number of alkyl halides is 3. The molecule has 1 aromatic rings. The quantitative estimate of drug-likeness (QED) is 0.520. The summed E-state index contributed by atoms with van der Waals surface area (Å²) < 4.78 is 43.2. The van der Waals surface area contributed by atoms with Crippen LogP contribution in [0.4, 0.5) is 13.2 Å². The van der Waals surface area contributed by atoms with Gasteiger partial charge in [-0.2, -0.15) is 13.2 Å². The van der Waals surface area contributed by atoms with Crippen LogP contribution in [0.1, 0.15) is 31.7 Å². The first kappa shape index (κ1) is 20.7. The van der Waals surface area contributed by atoms with E-state index in [4.69, 9.17) is 4.74 Å². The van der Waals surface area contributed by atoms with E-state index in [1.54, 1.807) is 6.20 Å². The number of pyridine rings is 1. The number of aliphatic imine (C=N–C) groups is 1. The highest BCUT2D eigenvalue weighted by Gasteiger charge is 2.34. The molecule has 1 unspecified atom stereocenters. The minimum atomic E-state index is -4.16. The van der Waals surface area contributed by atoms with Crippen LogP contribution >= 0.6 is 0 Å². The predicted octanol–water partition coefficient (Wildman–Crippen LogP) is 2.56. The van der Waals surface area contributed by atoms with E-state index in [-0.39, 0.29) is 6.04 Å². The Kier molecular flexibility index (Phi) is 6.98. The molecule has 156 valence electrons. The Morgan fingerprint density at radius 1 is 1.32 bits per heavy atom. The summed E-state index contributed by atoms with van der Waals surface area (Å²) in [7, 11) is 0. The van der Waals surface area contributed by atoms with Gasteiger partial charge in [0.15, 0.2) is 5.96 Å². The van der Waals surface area contributed by atoms with E-state index in [2.05, 4.69) is 20.6 Å². The molecule has 0 radical (unpaired) electrons. The van der Waals surface area contributed by atoms with Crippen LogP contribution in [0.2, 0.25) is 0 Å². The molecule has 1 saturated carbocycles. The molecule has 9 heteroatoms. The summed E-state index contributed by atoms with van der Waals surface area (Å²) in [6.45, 7) is 3.73. The molecule has 6 nitrogen and oxygen atoms in total. The van der Waals surface area contributed by atoms with Crippen LogP contribution in [0.15, 0.2) is 23.3 Å². The van der Waals surface area contributed by atoms with Crippen LogP contribution in [0.3, 0.4) is 0 Å². The van der Waals surface area contributed by atoms with E-state index in [0.29, 0.717) is 50.4 Å². The monoisotopic (exact) mass is 399 g/mol. The van der Waals surface area contributed by atoms with Gasteiger partial charge in [0, 0.05) is 37.9 Å². The van der Waals surface area contributed by atoms with Gasteiger partial charge >= 0.3 is 6.18 Å². The number of guanidine groups is 1. The van der Waals surface area contributed by atoms with Crippen molar-refractivity contribution in [3.8, 4) is 5.88 Å². The zero-order valence-corrected chi connectivity index (χ0v) is 16.1. The highest BCUT2D eigenvalue weighted by Crippen LogP contribution is 2.29. The van der Waals surface area contributed by atoms with Crippen molar-refractivity contribution in [2.75, 3.05) is 32.8 Å². The highest BCUT2D eigenvalue weighted by atomic mass is 19.4. The van der Waals surface area contributed by atoms with E-state index in [1.165, 1.54) is 17.7 Å². The molecular formula is C19H28F3N5O. The van der Waals surface area contributed by atoms with E-state index in [0.717, 1.165) is 12.2 Å². The predicted molar refractivity (Wildman–Crippen MR) is 101 cm³/mol. The normalized spacial score (nSPS) is 21.0. The Hall–Kier alpha value is -2.03. The molecule has 2 fully saturated rings.